The van der Waals surface area contributed by atoms with E-state index in [0.29, 0.717) is 29.9 Å². The molecular formula is C26H29N3O4. The van der Waals surface area contributed by atoms with Crippen LogP contribution in [-0.2, 0) is 14.3 Å². The van der Waals surface area contributed by atoms with E-state index < -0.39 is 17.3 Å². The quantitative estimate of drug-likeness (QED) is 0.383. The summed E-state index contributed by atoms with van der Waals surface area (Å²) in [6.07, 6.45) is 1.22. The van der Waals surface area contributed by atoms with E-state index in [4.69, 9.17) is 4.74 Å². The summed E-state index contributed by atoms with van der Waals surface area (Å²) in [4.78, 5) is 30.0. The van der Waals surface area contributed by atoms with Gasteiger partial charge in [0, 0.05) is 6.42 Å². The summed E-state index contributed by atoms with van der Waals surface area (Å²) in [7, 11) is 1.28. The molecule has 1 unspecified atom stereocenters. The van der Waals surface area contributed by atoms with Crippen LogP contribution in [0.25, 0.3) is 0 Å². The largest absolute Gasteiger partial charge is 0.511 e. The monoisotopic (exact) mass is 447 g/mol. The maximum atomic E-state index is 12.9. The highest BCUT2D eigenvalue weighted by molar-refractivity contribution is 6.24. The van der Waals surface area contributed by atoms with Crippen LogP contribution in [-0.4, -0.2) is 29.7 Å². The number of hydrogen-bond acceptors (Lipinski definition) is 7. The maximum Gasteiger partial charge on any atom is 0.316 e. The van der Waals surface area contributed by atoms with Crippen LogP contribution in [0.3, 0.4) is 0 Å². The fourth-order valence-electron chi connectivity index (χ4n) is 3.94. The molecule has 3 rings (SSSR count). The van der Waals surface area contributed by atoms with Gasteiger partial charge in [0.2, 0.25) is 0 Å². The molecule has 1 aliphatic carbocycles. The number of azo groups is 1. The number of rotatable bonds is 7. The Morgan fingerprint density at radius 2 is 1.58 bits per heavy atom. The normalized spacial score (nSPS) is 19.2. The van der Waals surface area contributed by atoms with Crippen molar-refractivity contribution < 1.29 is 19.4 Å². The second-order valence-corrected chi connectivity index (χ2v) is 8.67. The van der Waals surface area contributed by atoms with E-state index in [2.05, 4.69) is 15.2 Å². The van der Waals surface area contributed by atoms with Crippen LogP contribution in [0.1, 0.15) is 40.0 Å². The topological polar surface area (TPSA) is 101 Å². The summed E-state index contributed by atoms with van der Waals surface area (Å²) in [6.45, 7) is 5.60. The summed E-state index contributed by atoms with van der Waals surface area (Å²) in [6, 6.07) is 16.6. The van der Waals surface area contributed by atoms with Gasteiger partial charge in [0.25, 0.3) is 0 Å². The Morgan fingerprint density at radius 3 is 2.15 bits per heavy atom. The third-order valence-electron chi connectivity index (χ3n) is 5.57. The maximum absolute atomic E-state index is 12.9. The molecule has 0 amide bonds. The Kier molecular flexibility index (Phi) is 7.53. The first-order chi connectivity index (χ1) is 15.8. The first kappa shape index (κ1) is 24.0. The average Bonchev–Trinajstić information content (AvgIpc) is 2.78. The number of hydrogen-bond donors (Lipinski definition) is 1. The summed E-state index contributed by atoms with van der Waals surface area (Å²) in [5.74, 6) is -1.97. The zero-order valence-corrected chi connectivity index (χ0v) is 19.4. The second kappa shape index (κ2) is 10.3. The third kappa shape index (κ3) is 5.61. The number of esters is 1. The zero-order chi connectivity index (χ0) is 24.0. The minimum absolute atomic E-state index is 0.124. The minimum Gasteiger partial charge on any atom is -0.511 e. The van der Waals surface area contributed by atoms with Crippen LogP contribution >= 0.6 is 0 Å². The Balaban J connectivity index is 1.96. The summed E-state index contributed by atoms with van der Waals surface area (Å²) < 4.78 is 4.90. The molecule has 2 aromatic rings. The number of allylic oxidation sites excluding steroid dienone is 1. The molecule has 0 radical (unpaired) electrons. The molecule has 0 bridgehead atoms. The van der Waals surface area contributed by atoms with E-state index in [0.717, 1.165) is 5.69 Å². The highest BCUT2D eigenvalue weighted by Crippen LogP contribution is 2.43. The molecule has 0 aromatic heterocycles. The number of aliphatic hydroxyl groups excluding tert-OH is 1. The van der Waals surface area contributed by atoms with Crippen molar-refractivity contribution in [1.29, 1.82) is 0 Å². The lowest BCUT2D eigenvalue weighted by molar-refractivity contribution is -0.149. The molecule has 2 aromatic carbocycles. The van der Waals surface area contributed by atoms with Gasteiger partial charge in [-0.05, 0) is 54.7 Å². The molecule has 1 atom stereocenters. The van der Waals surface area contributed by atoms with Crippen LogP contribution in [0, 0.1) is 11.3 Å². The number of ether oxygens (including phenoxy) is 1. The summed E-state index contributed by atoms with van der Waals surface area (Å²) in [5, 5.41) is 19.4. The first-order valence-electron chi connectivity index (χ1n) is 11.0. The molecule has 7 heteroatoms. The van der Waals surface area contributed by atoms with Crippen molar-refractivity contribution in [3.05, 3.63) is 65.9 Å². The smallest absolute Gasteiger partial charge is 0.316 e. The average molecular weight is 448 g/mol. The highest BCUT2D eigenvalue weighted by atomic mass is 16.5. The molecule has 33 heavy (non-hydrogen) atoms. The van der Waals surface area contributed by atoms with Crippen LogP contribution in [0.4, 0.5) is 17.1 Å². The molecule has 0 saturated carbocycles. The number of carbonyl (C=O) groups is 2. The number of methoxy groups -OCH3 is 1. The predicted molar refractivity (Wildman–Crippen MR) is 128 cm³/mol. The van der Waals surface area contributed by atoms with Crippen molar-refractivity contribution in [2.24, 2.45) is 26.6 Å². The van der Waals surface area contributed by atoms with Crippen molar-refractivity contribution in [1.82, 2.24) is 0 Å². The van der Waals surface area contributed by atoms with Gasteiger partial charge in [0.05, 0.1) is 35.5 Å². The molecule has 0 heterocycles. The summed E-state index contributed by atoms with van der Waals surface area (Å²) >= 11 is 0. The van der Waals surface area contributed by atoms with E-state index in [1.807, 2.05) is 51.1 Å². The van der Waals surface area contributed by atoms with Gasteiger partial charge in [0.1, 0.15) is 11.7 Å². The van der Waals surface area contributed by atoms with Crippen LogP contribution in [0.2, 0.25) is 0 Å². The Morgan fingerprint density at radius 1 is 1.00 bits per heavy atom. The van der Waals surface area contributed by atoms with Gasteiger partial charge >= 0.3 is 5.97 Å². The molecule has 172 valence electrons. The molecule has 0 saturated heterocycles. The van der Waals surface area contributed by atoms with Gasteiger partial charge in [-0.2, -0.15) is 10.2 Å². The molecule has 7 nitrogen and oxygen atoms in total. The Bertz CT molecular complexity index is 1100. The van der Waals surface area contributed by atoms with Crippen molar-refractivity contribution in [2.45, 2.75) is 40.0 Å². The van der Waals surface area contributed by atoms with Gasteiger partial charge in [-0.25, -0.2) is 0 Å². The van der Waals surface area contributed by atoms with Crippen LogP contribution < -0.4 is 0 Å². The molecule has 1 aliphatic rings. The van der Waals surface area contributed by atoms with Crippen molar-refractivity contribution in [3.8, 4) is 0 Å². The van der Waals surface area contributed by atoms with Crippen molar-refractivity contribution in [2.75, 3.05) is 7.11 Å². The summed E-state index contributed by atoms with van der Waals surface area (Å²) in [5.41, 5.74) is 1.96. The molecule has 0 aliphatic heterocycles. The van der Waals surface area contributed by atoms with E-state index in [9.17, 15) is 14.7 Å². The standard InChI is InChI=1S/C26H29N3O4/c1-5-9-21(30)22-20(16-26(2,3)23(24(22)31)25(32)33-4)27-17-12-14-19(15-13-17)29-28-18-10-7-6-8-11-18/h6-8,10-15,23,31H,5,9,16H2,1-4H3. The molecule has 0 fully saturated rings. The third-order valence-corrected chi connectivity index (χ3v) is 5.57. The Hall–Kier alpha value is -3.61. The number of ketones is 1. The van der Waals surface area contributed by atoms with E-state index in [1.165, 1.54) is 7.11 Å². The number of nitrogens with zero attached hydrogens (tertiary/aromatic N) is 3. The fraction of sp³-hybridized carbons (Fsp3) is 0.346. The van der Waals surface area contributed by atoms with Crippen LogP contribution in [0.15, 0.2) is 81.2 Å². The number of carbonyl (C=O) groups excluding carboxylic acids is 2. The number of benzene rings is 2. The Labute approximate surface area is 193 Å². The second-order valence-electron chi connectivity index (χ2n) is 8.67. The van der Waals surface area contributed by atoms with Gasteiger partial charge in [0.15, 0.2) is 5.78 Å². The minimum atomic E-state index is -0.918. The predicted octanol–water partition coefficient (Wildman–Crippen LogP) is 6.57. The lowest BCUT2D eigenvalue weighted by atomic mass is 9.67. The zero-order valence-electron chi connectivity index (χ0n) is 19.4. The van der Waals surface area contributed by atoms with Crippen molar-refractivity contribution >= 4 is 34.5 Å². The number of aliphatic hydroxyl groups is 1. The van der Waals surface area contributed by atoms with E-state index in [-0.39, 0.29) is 23.5 Å². The lowest BCUT2D eigenvalue weighted by Crippen LogP contribution is -2.41. The van der Waals surface area contributed by atoms with Gasteiger partial charge < -0.3 is 9.84 Å². The highest BCUT2D eigenvalue weighted by Gasteiger charge is 2.47. The lowest BCUT2D eigenvalue weighted by Gasteiger charge is -2.37. The van der Waals surface area contributed by atoms with E-state index >= 15 is 0 Å². The van der Waals surface area contributed by atoms with Crippen LogP contribution in [0.5, 0.6) is 0 Å². The molecular weight excluding hydrogens is 418 g/mol. The number of aliphatic imine (C=N–C) groups is 1. The SMILES string of the molecule is CCCC(=O)C1=C(O)C(C(=O)OC)C(C)(C)CC1=Nc1ccc(N=Nc2ccccc2)cc1. The number of Topliss-reactive ketones (excluding diaryl/α,β-unsaturated/α-hetero) is 1. The fourth-order valence-corrected chi connectivity index (χ4v) is 3.94. The van der Waals surface area contributed by atoms with E-state index in [1.54, 1.807) is 24.3 Å². The van der Waals surface area contributed by atoms with Gasteiger partial charge in [-0.15, -0.1) is 0 Å². The van der Waals surface area contributed by atoms with Gasteiger partial charge in [-0.1, -0.05) is 39.0 Å². The molecule has 1 N–H and O–H groups in total. The van der Waals surface area contributed by atoms with Crippen molar-refractivity contribution in [3.63, 3.8) is 0 Å². The van der Waals surface area contributed by atoms with Gasteiger partial charge in [-0.3, -0.25) is 14.6 Å². The first-order valence-corrected chi connectivity index (χ1v) is 11.0. The molecule has 0 spiro atoms.